The van der Waals surface area contributed by atoms with E-state index in [0.717, 1.165) is 41.9 Å². The van der Waals surface area contributed by atoms with Gasteiger partial charge in [-0.05, 0) is 62.3 Å². The van der Waals surface area contributed by atoms with Crippen LogP contribution in [0.15, 0.2) is 24.3 Å². The summed E-state index contributed by atoms with van der Waals surface area (Å²) in [6.45, 7) is 5.18. The van der Waals surface area contributed by atoms with Crippen LogP contribution >= 0.6 is 11.5 Å². The van der Waals surface area contributed by atoms with Crippen molar-refractivity contribution in [2.24, 2.45) is 0 Å². The lowest BCUT2D eigenvalue weighted by molar-refractivity contribution is 0.155. The van der Waals surface area contributed by atoms with Crippen molar-refractivity contribution in [3.8, 4) is 0 Å². The number of hydrogen-bond acceptors (Lipinski definition) is 4. The minimum atomic E-state index is -0.247. The maximum atomic E-state index is 13.1. The van der Waals surface area contributed by atoms with Crippen LogP contribution in [0.4, 0.5) is 9.18 Å². The van der Waals surface area contributed by atoms with Crippen molar-refractivity contribution >= 4 is 17.6 Å². The predicted octanol–water partition coefficient (Wildman–Crippen LogP) is 3.29. The second kappa shape index (κ2) is 6.84. The van der Waals surface area contributed by atoms with Crippen LogP contribution in [0, 0.1) is 12.7 Å². The van der Waals surface area contributed by atoms with Crippen LogP contribution in [-0.2, 0) is 13.0 Å². The third kappa shape index (κ3) is 3.56. The quantitative estimate of drug-likeness (QED) is 0.922. The summed E-state index contributed by atoms with van der Waals surface area (Å²) in [5.74, 6) is -0.238. The Labute approximate surface area is 145 Å². The van der Waals surface area contributed by atoms with E-state index >= 15 is 0 Å². The molecule has 1 fully saturated rings. The Morgan fingerprint density at radius 2 is 2.17 bits per heavy atom. The summed E-state index contributed by atoms with van der Waals surface area (Å²) in [6.07, 6.45) is 2.65. The van der Waals surface area contributed by atoms with E-state index in [4.69, 9.17) is 0 Å². The Balaban J connectivity index is 1.66. The first-order valence-electron chi connectivity index (χ1n) is 8.06. The molecule has 0 unspecified atom stereocenters. The second-order valence-electron chi connectivity index (χ2n) is 6.50. The number of likely N-dealkylation sites (tertiary alicyclic amines) is 1. The van der Waals surface area contributed by atoms with Gasteiger partial charge in [-0.3, -0.25) is 0 Å². The Bertz CT molecular complexity index is 718. The third-order valence-electron chi connectivity index (χ3n) is 4.64. The number of nitrogens with zero attached hydrogens (tertiary/aromatic N) is 3. The molecular weight excluding hydrogens is 327 g/mol. The minimum Gasteiger partial charge on any atom is -0.333 e. The molecular formula is C17H21FN4OS. The zero-order chi connectivity index (χ0) is 17.2. The SMILES string of the molecule is Cc1nnsc1CNC(=O)N1CCC[C@]1(C)Cc1ccc(F)cc1. The number of aromatic nitrogens is 2. The Kier molecular flexibility index (Phi) is 4.80. The third-order valence-corrected chi connectivity index (χ3v) is 5.46. The fourth-order valence-electron chi connectivity index (χ4n) is 3.26. The normalized spacial score (nSPS) is 20.4. The molecule has 0 aliphatic carbocycles. The molecule has 0 radical (unpaired) electrons. The molecule has 1 aromatic carbocycles. The number of rotatable bonds is 4. The lowest BCUT2D eigenvalue weighted by Crippen LogP contribution is -2.50. The molecule has 3 rings (SSSR count). The number of urea groups is 1. The fraction of sp³-hybridized carbons (Fsp3) is 0.471. The van der Waals surface area contributed by atoms with Crippen molar-refractivity contribution in [2.75, 3.05) is 6.54 Å². The summed E-state index contributed by atoms with van der Waals surface area (Å²) in [4.78, 5) is 15.5. The summed E-state index contributed by atoms with van der Waals surface area (Å²) in [6, 6.07) is 6.46. The van der Waals surface area contributed by atoms with Gasteiger partial charge in [0.2, 0.25) is 0 Å². The number of carbonyl (C=O) groups excluding carboxylic acids is 1. The van der Waals surface area contributed by atoms with Crippen LogP contribution in [0.5, 0.6) is 0 Å². The molecule has 2 aromatic rings. The second-order valence-corrected chi connectivity index (χ2v) is 7.33. The van der Waals surface area contributed by atoms with Crippen molar-refractivity contribution in [1.82, 2.24) is 19.8 Å². The van der Waals surface area contributed by atoms with E-state index in [2.05, 4.69) is 21.8 Å². The van der Waals surface area contributed by atoms with E-state index < -0.39 is 0 Å². The van der Waals surface area contributed by atoms with Gasteiger partial charge in [-0.15, -0.1) is 5.10 Å². The molecule has 0 bridgehead atoms. The van der Waals surface area contributed by atoms with Gasteiger partial charge < -0.3 is 10.2 Å². The van der Waals surface area contributed by atoms with E-state index in [9.17, 15) is 9.18 Å². The summed E-state index contributed by atoms with van der Waals surface area (Å²) in [7, 11) is 0. The van der Waals surface area contributed by atoms with Crippen LogP contribution in [0.25, 0.3) is 0 Å². The van der Waals surface area contributed by atoms with E-state index in [1.54, 1.807) is 12.1 Å². The molecule has 0 spiro atoms. The average molecular weight is 348 g/mol. The molecule has 1 aliphatic heterocycles. The summed E-state index contributed by atoms with van der Waals surface area (Å²) >= 11 is 1.31. The van der Waals surface area contributed by atoms with Gasteiger partial charge in [0, 0.05) is 12.1 Å². The predicted molar refractivity (Wildman–Crippen MR) is 91.3 cm³/mol. The molecule has 24 heavy (non-hydrogen) atoms. The molecule has 128 valence electrons. The van der Waals surface area contributed by atoms with Crippen LogP contribution in [0.3, 0.4) is 0 Å². The number of benzene rings is 1. The van der Waals surface area contributed by atoms with Crippen LogP contribution in [-0.4, -0.2) is 32.6 Å². The van der Waals surface area contributed by atoms with Gasteiger partial charge in [0.1, 0.15) is 5.82 Å². The molecule has 2 amide bonds. The van der Waals surface area contributed by atoms with Gasteiger partial charge in [0.15, 0.2) is 0 Å². The molecule has 2 heterocycles. The van der Waals surface area contributed by atoms with Crippen molar-refractivity contribution in [3.05, 3.63) is 46.2 Å². The van der Waals surface area contributed by atoms with Gasteiger partial charge in [-0.1, -0.05) is 16.6 Å². The summed E-state index contributed by atoms with van der Waals surface area (Å²) < 4.78 is 17.0. The van der Waals surface area contributed by atoms with Crippen LogP contribution in [0.1, 0.15) is 35.9 Å². The number of halogens is 1. The molecule has 1 saturated heterocycles. The van der Waals surface area contributed by atoms with E-state index in [1.807, 2.05) is 11.8 Å². The lowest BCUT2D eigenvalue weighted by atomic mass is 9.90. The van der Waals surface area contributed by atoms with Crippen molar-refractivity contribution in [1.29, 1.82) is 0 Å². The average Bonchev–Trinajstić information content (AvgIpc) is 3.13. The fourth-order valence-corrected chi connectivity index (χ4v) is 3.83. The lowest BCUT2D eigenvalue weighted by Gasteiger charge is -2.35. The van der Waals surface area contributed by atoms with Gasteiger partial charge in [-0.25, -0.2) is 9.18 Å². The molecule has 1 aliphatic rings. The number of carbonyl (C=O) groups is 1. The van der Waals surface area contributed by atoms with Gasteiger partial charge >= 0.3 is 6.03 Å². The zero-order valence-corrected chi connectivity index (χ0v) is 14.7. The zero-order valence-electron chi connectivity index (χ0n) is 13.9. The number of hydrogen-bond donors (Lipinski definition) is 1. The largest absolute Gasteiger partial charge is 0.333 e. The number of aryl methyl sites for hydroxylation is 1. The molecule has 7 heteroatoms. The monoisotopic (exact) mass is 348 g/mol. The highest BCUT2D eigenvalue weighted by atomic mass is 32.1. The first kappa shape index (κ1) is 16.8. The summed E-state index contributed by atoms with van der Waals surface area (Å²) in [5, 5.41) is 6.93. The number of amides is 2. The molecule has 1 aromatic heterocycles. The standard InChI is InChI=1S/C17H21FN4OS/c1-12-15(24-21-20-12)11-19-16(23)22-9-3-8-17(22,2)10-13-4-6-14(18)7-5-13/h4-7H,3,8-11H2,1-2H3,(H,19,23)/t17-/m1/s1. The maximum absolute atomic E-state index is 13.1. The molecule has 0 saturated carbocycles. The maximum Gasteiger partial charge on any atom is 0.318 e. The molecule has 1 N–H and O–H groups in total. The topological polar surface area (TPSA) is 58.1 Å². The smallest absolute Gasteiger partial charge is 0.318 e. The Hall–Kier alpha value is -2.02. The van der Waals surface area contributed by atoms with Crippen LogP contribution < -0.4 is 5.32 Å². The summed E-state index contributed by atoms with van der Waals surface area (Å²) in [5.41, 5.74) is 1.65. The van der Waals surface area contributed by atoms with E-state index in [1.165, 1.54) is 23.7 Å². The molecule has 5 nitrogen and oxygen atoms in total. The highest BCUT2D eigenvalue weighted by molar-refractivity contribution is 7.05. The van der Waals surface area contributed by atoms with Gasteiger partial charge in [0.25, 0.3) is 0 Å². The first-order chi connectivity index (χ1) is 11.5. The highest BCUT2D eigenvalue weighted by Gasteiger charge is 2.39. The van der Waals surface area contributed by atoms with Crippen LogP contribution in [0.2, 0.25) is 0 Å². The van der Waals surface area contributed by atoms with Crippen molar-refractivity contribution < 1.29 is 9.18 Å². The minimum absolute atomic E-state index is 0.0649. The van der Waals surface area contributed by atoms with E-state index in [-0.39, 0.29) is 17.4 Å². The van der Waals surface area contributed by atoms with Gasteiger partial charge in [0.05, 0.1) is 17.1 Å². The Morgan fingerprint density at radius 1 is 1.42 bits per heavy atom. The molecule has 1 atom stereocenters. The van der Waals surface area contributed by atoms with Crippen molar-refractivity contribution in [2.45, 2.75) is 45.2 Å². The van der Waals surface area contributed by atoms with Gasteiger partial charge in [-0.2, -0.15) is 0 Å². The highest BCUT2D eigenvalue weighted by Crippen LogP contribution is 2.32. The van der Waals surface area contributed by atoms with Crippen molar-refractivity contribution in [3.63, 3.8) is 0 Å². The van der Waals surface area contributed by atoms with E-state index in [0.29, 0.717) is 6.54 Å². The Morgan fingerprint density at radius 3 is 2.83 bits per heavy atom. The first-order valence-corrected chi connectivity index (χ1v) is 8.83. The number of nitrogens with one attached hydrogen (secondary N) is 1.